The monoisotopic (exact) mass is 460 g/mol. The highest BCUT2D eigenvalue weighted by molar-refractivity contribution is 8.00. The van der Waals surface area contributed by atoms with Crippen molar-refractivity contribution in [2.24, 2.45) is 5.10 Å². The molecule has 0 fully saturated rings. The lowest BCUT2D eigenvalue weighted by molar-refractivity contribution is -0.114. The number of rotatable bonds is 5. The van der Waals surface area contributed by atoms with Gasteiger partial charge in [0.25, 0.3) is 5.91 Å². The molecular formula is C27H25ClN2OS. The van der Waals surface area contributed by atoms with Crippen molar-refractivity contribution in [3.63, 3.8) is 0 Å². The number of hydrogen-bond acceptors (Lipinski definition) is 3. The number of hydrazone groups is 1. The summed E-state index contributed by atoms with van der Waals surface area (Å²) in [7, 11) is 0. The number of carbonyl (C=O) groups is 1. The summed E-state index contributed by atoms with van der Waals surface area (Å²) in [6, 6.07) is 25.6. The number of thioether (sulfide) groups is 1. The highest BCUT2D eigenvalue weighted by Crippen LogP contribution is 2.29. The fourth-order valence-corrected chi connectivity index (χ4v) is 4.35. The molecule has 1 amide bonds. The molecule has 0 atom stereocenters. The molecule has 3 nitrogen and oxygen atoms in total. The van der Waals surface area contributed by atoms with Crippen molar-refractivity contribution in [3.8, 4) is 0 Å². The van der Waals surface area contributed by atoms with Gasteiger partial charge in [-0.1, -0.05) is 74.8 Å². The van der Waals surface area contributed by atoms with Crippen LogP contribution in [0, 0.1) is 0 Å². The number of anilines is 1. The van der Waals surface area contributed by atoms with Crippen molar-refractivity contribution in [1.29, 1.82) is 0 Å². The van der Waals surface area contributed by atoms with Gasteiger partial charge in [0.1, 0.15) is 0 Å². The molecule has 0 saturated carbocycles. The molecule has 0 spiro atoms. The number of benzene rings is 3. The maximum Gasteiger partial charge on any atom is 0.280 e. The molecule has 4 rings (SSSR count). The van der Waals surface area contributed by atoms with Crippen LogP contribution in [0.3, 0.4) is 0 Å². The van der Waals surface area contributed by atoms with E-state index in [1.54, 1.807) is 11.8 Å². The third-order valence-corrected chi connectivity index (χ3v) is 6.51. The second kappa shape index (κ2) is 9.35. The molecule has 5 heteroatoms. The summed E-state index contributed by atoms with van der Waals surface area (Å²) in [5.74, 6) is 0.477. The van der Waals surface area contributed by atoms with Gasteiger partial charge in [-0.3, -0.25) is 4.79 Å². The van der Waals surface area contributed by atoms with Crippen LogP contribution in [-0.4, -0.2) is 17.4 Å². The number of halogens is 1. The van der Waals surface area contributed by atoms with Gasteiger partial charge < -0.3 is 0 Å². The zero-order chi connectivity index (χ0) is 22.7. The molecule has 1 aliphatic heterocycles. The van der Waals surface area contributed by atoms with Gasteiger partial charge in [-0.15, -0.1) is 11.8 Å². The van der Waals surface area contributed by atoms with E-state index in [4.69, 9.17) is 16.7 Å². The summed E-state index contributed by atoms with van der Waals surface area (Å²) in [6.07, 6.45) is 1.94. The van der Waals surface area contributed by atoms with Crippen molar-refractivity contribution >= 4 is 46.7 Å². The zero-order valence-electron chi connectivity index (χ0n) is 18.4. The Bertz CT molecular complexity index is 1160. The minimum Gasteiger partial charge on any atom is -0.267 e. The first-order chi connectivity index (χ1) is 15.3. The standard InChI is InChI=1S/C27H25ClN2OS/c1-27(2,3)20-11-9-19(10-12-20)17-24-25(18-32-23-15-13-21(28)14-16-23)29-30(26(24)31)22-7-5-4-6-8-22/h4-17H,18H2,1-3H3/b24-17+. The molecule has 0 N–H and O–H groups in total. The maximum absolute atomic E-state index is 13.3. The minimum absolute atomic E-state index is 0.0841. The summed E-state index contributed by atoms with van der Waals surface area (Å²) in [4.78, 5) is 14.4. The normalized spacial score (nSPS) is 15.4. The fraction of sp³-hybridized carbons (Fsp3) is 0.185. The Morgan fingerprint density at radius 1 is 0.938 bits per heavy atom. The number of nitrogens with zero attached hydrogens (tertiary/aromatic N) is 2. The molecule has 0 unspecified atom stereocenters. The largest absolute Gasteiger partial charge is 0.280 e. The van der Waals surface area contributed by atoms with Crippen LogP contribution in [0.25, 0.3) is 6.08 Å². The highest BCUT2D eigenvalue weighted by atomic mass is 35.5. The van der Waals surface area contributed by atoms with Gasteiger partial charge in [0.2, 0.25) is 0 Å². The van der Waals surface area contributed by atoms with Crippen LogP contribution in [0.5, 0.6) is 0 Å². The van der Waals surface area contributed by atoms with Gasteiger partial charge in [-0.05, 0) is 59.0 Å². The Morgan fingerprint density at radius 3 is 2.22 bits per heavy atom. The Kier molecular flexibility index (Phi) is 6.54. The van der Waals surface area contributed by atoms with E-state index in [1.807, 2.05) is 60.7 Å². The molecule has 0 aromatic heterocycles. The average Bonchev–Trinajstić information content (AvgIpc) is 3.09. The van der Waals surface area contributed by atoms with E-state index in [1.165, 1.54) is 10.6 Å². The number of carbonyl (C=O) groups excluding carboxylic acids is 1. The molecule has 0 radical (unpaired) electrons. The molecule has 3 aromatic carbocycles. The summed E-state index contributed by atoms with van der Waals surface area (Å²) in [5, 5.41) is 6.89. The first-order valence-corrected chi connectivity index (χ1v) is 11.9. The summed E-state index contributed by atoms with van der Waals surface area (Å²) >= 11 is 7.64. The van der Waals surface area contributed by atoms with Crippen LogP contribution in [0.1, 0.15) is 31.9 Å². The van der Waals surface area contributed by atoms with Crippen molar-refractivity contribution in [1.82, 2.24) is 0 Å². The van der Waals surface area contributed by atoms with E-state index >= 15 is 0 Å². The summed E-state index contributed by atoms with van der Waals surface area (Å²) in [5.41, 5.74) is 4.48. The van der Waals surface area contributed by atoms with Gasteiger partial charge >= 0.3 is 0 Å². The quantitative estimate of drug-likeness (QED) is 0.297. The lowest BCUT2D eigenvalue weighted by atomic mass is 9.86. The third kappa shape index (κ3) is 5.14. The Morgan fingerprint density at radius 2 is 1.59 bits per heavy atom. The first-order valence-electron chi connectivity index (χ1n) is 10.5. The molecule has 0 aliphatic carbocycles. The highest BCUT2D eigenvalue weighted by Gasteiger charge is 2.31. The van der Waals surface area contributed by atoms with Crippen LogP contribution in [0.4, 0.5) is 5.69 Å². The summed E-state index contributed by atoms with van der Waals surface area (Å²) in [6.45, 7) is 6.58. The molecular weight excluding hydrogens is 436 g/mol. The Labute approximate surface area is 198 Å². The van der Waals surface area contributed by atoms with E-state index in [-0.39, 0.29) is 11.3 Å². The van der Waals surface area contributed by atoms with Gasteiger partial charge in [0.15, 0.2) is 0 Å². The first kappa shape index (κ1) is 22.4. The van der Waals surface area contributed by atoms with Crippen molar-refractivity contribution < 1.29 is 4.79 Å². The van der Waals surface area contributed by atoms with Gasteiger partial charge in [-0.25, -0.2) is 0 Å². The van der Waals surface area contributed by atoms with Crippen LogP contribution >= 0.6 is 23.4 Å². The summed E-state index contributed by atoms with van der Waals surface area (Å²) < 4.78 is 0. The van der Waals surface area contributed by atoms with Gasteiger partial charge in [0, 0.05) is 15.7 Å². The van der Waals surface area contributed by atoms with E-state index in [0.717, 1.165) is 21.9 Å². The van der Waals surface area contributed by atoms with Crippen molar-refractivity contribution in [3.05, 3.63) is 101 Å². The molecule has 1 aliphatic rings. The van der Waals surface area contributed by atoms with Crippen LogP contribution in [0.15, 0.2) is 94.4 Å². The smallest absolute Gasteiger partial charge is 0.267 e. The molecule has 32 heavy (non-hydrogen) atoms. The van der Waals surface area contributed by atoms with E-state index in [9.17, 15) is 4.79 Å². The van der Waals surface area contributed by atoms with E-state index in [0.29, 0.717) is 16.3 Å². The third-order valence-electron chi connectivity index (χ3n) is 5.23. The van der Waals surface area contributed by atoms with Crippen molar-refractivity contribution in [2.75, 3.05) is 10.8 Å². The van der Waals surface area contributed by atoms with Gasteiger partial charge in [-0.2, -0.15) is 10.1 Å². The molecule has 0 bridgehead atoms. The van der Waals surface area contributed by atoms with Crippen LogP contribution < -0.4 is 5.01 Å². The van der Waals surface area contributed by atoms with Crippen LogP contribution in [-0.2, 0) is 10.2 Å². The van der Waals surface area contributed by atoms with E-state index in [2.05, 4.69) is 45.0 Å². The SMILES string of the molecule is CC(C)(C)c1ccc(/C=C2/C(=O)N(c3ccccc3)N=C2CSc2ccc(Cl)cc2)cc1. The lowest BCUT2D eigenvalue weighted by Gasteiger charge is -2.18. The maximum atomic E-state index is 13.3. The molecule has 3 aromatic rings. The van der Waals surface area contributed by atoms with E-state index < -0.39 is 0 Å². The number of para-hydroxylation sites is 1. The lowest BCUT2D eigenvalue weighted by Crippen LogP contribution is -2.21. The average molecular weight is 461 g/mol. The topological polar surface area (TPSA) is 32.7 Å². The number of amides is 1. The van der Waals surface area contributed by atoms with Crippen molar-refractivity contribution in [2.45, 2.75) is 31.1 Å². The Hall–Kier alpha value is -2.82. The zero-order valence-corrected chi connectivity index (χ0v) is 20.0. The molecule has 1 heterocycles. The molecule has 0 saturated heterocycles. The fourth-order valence-electron chi connectivity index (χ4n) is 3.38. The molecule has 162 valence electrons. The predicted octanol–water partition coefficient (Wildman–Crippen LogP) is 7.22. The predicted molar refractivity (Wildman–Crippen MR) is 137 cm³/mol. The minimum atomic E-state index is -0.109. The second-order valence-corrected chi connectivity index (χ2v) is 10.2. The second-order valence-electron chi connectivity index (χ2n) is 8.67. The number of hydrogen-bond donors (Lipinski definition) is 0. The van der Waals surface area contributed by atoms with Crippen LogP contribution in [0.2, 0.25) is 5.02 Å². The Balaban J connectivity index is 1.64. The van der Waals surface area contributed by atoms with Gasteiger partial charge in [0.05, 0.1) is 17.0 Å².